The summed E-state index contributed by atoms with van der Waals surface area (Å²) < 4.78 is 56.5. The maximum Gasteiger partial charge on any atom is 0.341 e. The largest absolute Gasteiger partial charge is 0.477 e. The van der Waals surface area contributed by atoms with Gasteiger partial charge in [0.2, 0.25) is 0 Å². The first kappa shape index (κ1) is 17.5. The summed E-state index contributed by atoms with van der Waals surface area (Å²) in [5, 5.41) is 8.74. The van der Waals surface area contributed by atoms with E-state index in [2.05, 4.69) is 0 Å². The van der Waals surface area contributed by atoms with E-state index in [-0.39, 0.29) is 6.42 Å². The number of ether oxygens (including phenoxy) is 1. The summed E-state index contributed by atoms with van der Waals surface area (Å²) in [4.78, 5) is 9.96. The molecule has 0 unspecified atom stereocenters. The Morgan fingerprint density at radius 2 is 1.90 bits per heavy atom. The summed E-state index contributed by atoms with van der Waals surface area (Å²) >= 11 is 0. The van der Waals surface area contributed by atoms with Gasteiger partial charge in [0, 0.05) is 7.11 Å². The van der Waals surface area contributed by atoms with E-state index in [0.717, 1.165) is 6.07 Å². The third-order valence-corrected chi connectivity index (χ3v) is 4.86. The van der Waals surface area contributed by atoms with Gasteiger partial charge in [-0.2, -0.15) is 0 Å². The number of sulfone groups is 1. The van der Waals surface area contributed by atoms with Crippen LogP contribution in [0.2, 0.25) is 0 Å². The van der Waals surface area contributed by atoms with Crippen molar-refractivity contribution in [3.63, 3.8) is 0 Å². The lowest BCUT2D eigenvalue weighted by molar-refractivity contribution is 0.0203. The summed E-state index contributed by atoms with van der Waals surface area (Å²) in [6.07, 6.45) is 0.0745. The molecule has 0 aliphatic heterocycles. The van der Waals surface area contributed by atoms with Gasteiger partial charge in [0.25, 0.3) is 0 Å². The average Bonchev–Trinajstić information content (AvgIpc) is 2.36. The number of methoxy groups -OCH3 is 1. The number of halogens is 2. The minimum absolute atomic E-state index is 0.0745. The van der Waals surface area contributed by atoms with Crippen LogP contribution in [0.15, 0.2) is 17.0 Å². The van der Waals surface area contributed by atoms with Gasteiger partial charge in [-0.15, -0.1) is 0 Å². The quantitative estimate of drug-likeness (QED) is 0.813. The molecule has 0 fully saturated rings. The van der Waals surface area contributed by atoms with Crippen LogP contribution in [0.3, 0.4) is 0 Å². The molecule has 0 bridgehead atoms. The lowest BCUT2D eigenvalue weighted by Crippen LogP contribution is -2.26. The highest BCUT2D eigenvalue weighted by atomic mass is 32.2. The predicted octanol–water partition coefficient (Wildman–Crippen LogP) is 2.25. The summed E-state index contributed by atoms with van der Waals surface area (Å²) in [6, 6.07) is 1.35. The van der Waals surface area contributed by atoms with Crippen molar-refractivity contribution in [3.05, 3.63) is 29.3 Å². The van der Waals surface area contributed by atoms with Gasteiger partial charge in [0.05, 0.1) is 11.4 Å². The summed E-state index contributed by atoms with van der Waals surface area (Å²) in [7, 11) is -2.68. The van der Waals surface area contributed by atoms with E-state index >= 15 is 0 Å². The van der Waals surface area contributed by atoms with Crippen molar-refractivity contribution in [2.75, 3.05) is 12.9 Å². The molecule has 0 aromatic heterocycles. The molecule has 0 spiro atoms. The standard InChI is InChI=1S/C13H16F2O5S/c1-13(2,20-3)6-7-21(18,19)9-5-4-8(14)10(11(9)15)12(16)17/h4-5H,6-7H2,1-3H3,(H,16,17). The number of aromatic carboxylic acids is 1. The molecule has 0 radical (unpaired) electrons. The van der Waals surface area contributed by atoms with Crippen molar-refractivity contribution in [3.8, 4) is 0 Å². The number of hydrogen-bond donors (Lipinski definition) is 1. The fourth-order valence-corrected chi connectivity index (χ4v) is 3.19. The van der Waals surface area contributed by atoms with E-state index in [9.17, 15) is 22.0 Å². The molecule has 0 aliphatic rings. The summed E-state index contributed by atoms with van der Waals surface area (Å²) in [5.74, 6) is -5.22. The van der Waals surface area contributed by atoms with Crippen LogP contribution >= 0.6 is 0 Å². The molecule has 1 N–H and O–H groups in total. The molecule has 21 heavy (non-hydrogen) atoms. The van der Waals surface area contributed by atoms with Gasteiger partial charge in [0.1, 0.15) is 16.3 Å². The highest BCUT2D eigenvalue weighted by Crippen LogP contribution is 2.24. The SMILES string of the molecule is COC(C)(C)CCS(=O)(=O)c1ccc(F)c(C(=O)O)c1F. The lowest BCUT2D eigenvalue weighted by Gasteiger charge is -2.22. The van der Waals surface area contributed by atoms with E-state index in [0.29, 0.717) is 6.07 Å². The van der Waals surface area contributed by atoms with Crippen molar-refractivity contribution in [2.45, 2.75) is 30.8 Å². The third kappa shape index (κ3) is 3.98. The second kappa shape index (κ2) is 6.07. The molecule has 1 aromatic rings. The number of benzene rings is 1. The van der Waals surface area contributed by atoms with Crippen LogP contribution in [0.1, 0.15) is 30.6 Å². The summed E-state index contributed by atoms with van der Waals surface area (Å²) in [6.45, 7) is 3.32. The highest BCUT2D eigenvalue weighted by molar-refractivity contribution is 7.91. The number of carboxylic acid groups (broad SMARTS) is 1. The van der Waals surface area contributed by atoms with Gasteiger partial charge in [-0.05, 0) is 32.4 Å². The fourth-order valence-electron chi connectivity index (χ4n) is 1.56. The predicted molar refractivity (Wildman–Crippen MR) is 71.1 cm³/mol. The monoisotopic (exact) mass is 322 g/mol. The molecule has 0 amide bonds. The molecule has 1 rings (SSSR count). The van der Waals surface area contributed by atoms with Crippen molar-refractivity contribution in [2.24, 2.45) is 0 Å². The van der Waals surface area contributed by atoms with E-state index in [1.807, 2.05) is 0 Å². The Kier molecular flexibility index (Phi) is 5.06. The molecule has 118 valence electrons. The second-order valence-corrected chi connectivity index (χ2v) is 7.15. The van der Waals surface area contributed by atoms with Gasteiger partial charge < -0.3 is 9.84 Å². The Labute approximate surface area is 121 Å². The lowest BCUT2D eigenvalue weighted by atomic mass is 10.1. The minimum atomic E-state index is -4.09. The molecular weight excluding hydrogens is 306 g/mol. The number of rotatable bonds is 6. The van der Waals surface area contributed by atoms with Crippen LogP contribution in [-0.2, 0) is 14.6 Å². The molecule has 8 heteroatoms. The Morgan fingerprint density at radius 3 is 2.38 bits per heavy atom. The molecule has 0 aliphatic carbocycles. The topological polar surface area (TPSA) is 80.7 Å². The Hall–Kier alpha value is -1.54. The Morgan fingerprint density at radius 1 is 1.33 bits per heavy atom. The van der Waals surface area contributed by atoms with Crippen LogP contribution in [-0.4, -0.2) is 38.0 Å². The number of carbonyl (C=O) groups is 1. The maximum absolute atomic E-state index is 14.0. The first-order valence-corrected chi connectivity index (χ1v) is 7.66. The second-order valence-electron chi connectivity index (χ2n) is 5.07. The zero-order valence-electron chi connectivity index (χ0n) is 11.8. The van der Waals surface area contributed by atoms with Crippen LogP contribution in [0.4, 0.5) is 8.78 Å². The zero-order valence-corrected chi connectivity index (χ0v) is 12.6. The van der Waals surface area contributed by atoms with E-state index < -0.39 is 49.3 Å². The van der Waals surface area contributed by atoms with E-state index in [1.165, 1.54) is 7.11 Å². The van der Waals surface area contributed by atoms with Gasteiger partial charge in [-0.3, -0.25) is 0 Å². The van der Waals surface area contributed by atoms with Crippen LogP contribution in [0.25, 0.3) is 0 Å². The normalized spacial score (nSPS) is 12.4. The van der Waals surface area contributed by atoms with Crippen molar-refractivity contribution in [1.29, 1.82) is 0 Å². The van der Waals surface area contributed by atoms with Gasteiger partial charge >= 0.3 is 5.97 Å². The van der Waals surface area contributed by atoms with Gasteiger partial charge in [-0.25, -0.2) is 22.0 Å². The van der Waals surface area contributed by atoms with Crippen molar-refractivity contribution >= 4 is 15.8 Å². The van der Waals surface area contributed by atoms with Crippen molar-refractivity contribution in [1.82, 2.24) is 0 Å². The van der Waals surface area contributed by atoms with Gasteiger partial charge in [-0.1, -0.05) is 0 Å². The molecule has 1 aromatic carbocycles. The molecule has 0 atom stereocenters. The van der Waals surface area contributed by atoms with E-state index in [4.69, 9.17) is 9.84 Å². The molecule has 0 saturated heterocycles. The molecule has 0 heterocycles. The van der Waals surface area contributed by atoms with Crippen LogP contribution in [0.5, 0.6) is 0 Å². The fraction of sp³-hybridized carbons (Fsp3) is 0.462. The molecule has 0 saturated carbocycles. The van der Waals surface area contributed by atoms with Crippen molar-refractivity contribution < 1.29 is 31.8 Å². The number of hydrogen-bond acceptors (Lipinski definition) is 4. The first-order valence-electron chi connectivity index (χ1n) is 6.01. The smallest absolute Gasteiger partial charge is 0.341 e. The van der Waals surface area contributed by atoms with Gasteiger partial charge in [0.15, 0.2) is 15.7 Å². The Bertz CT molecular complexity index is 653. The number of carboxylic acids is 1. The maximum atomic E-state index is 14.0. The first-order chi connectivity index (χ1) is 9.52. The molecular formula is C13H16F2O5S. The zero-order chi connectivity index (χ0) is 16.4. The molecule has 5 nitrogen and oxygen atoms in total. The third-order valence-electron chi connectivity index (χ3n) is 3.13. The minimum Gasteiger partial charge on any atom is -0.477 e. The average molecular weight is 322 g/mol. The summed E-state index contributed by atoms with van der Waals surface area (Å²) in [5.41, 5.74) is -2.01. The van der Waals surface area contributed by atoms with Crippen LogP contribution in [0, 0.1) is 11.6 Å². The van der Waals surface area contributed by atoms with Crippen LogP contribution < -0.4 is 0 Å². The Balaban J connectivity index is 3.22. The highest BCUT2D eigenvalue weighted by Gasteiger charge is 2.29. The van der Waals surface area contributed by atoms with E-state index in [1.54, 1.807) is 13.8 Å².